The fraction of sp³-hybridized carbons (Fsp3) is 0.487. The molecule has 0 radical (unpaired) electrons. The van der Waals surface area contributed by atoms with Gasteiger partial charge in [-0.25, -0.2) is 0 Å². The summed E-state index contributed by atoms with van der Waals surface area (Å²) < 4.78 is -0.576. The molecule has 1 unspecified atom stereocenters. The van der Waals surface area contributed by atoms with Crippen molar-refractivity contribution in [2.75, 3.05) is 25.5 Å². The maximum Gasteiger partial charge on any atom is 0.253 e. The van der Waals surface area contributed by atoms with Crippen LogP contribution in [0, 0.1) is 0 Å². The van der Waals surface area contributed by atoms with Gasteiger partial charge in [-0.3, -0.25) is 19.4 Å². The molecule has 0 saturated carbocycles. The summed E-state index contributed by atoms with van der Waals surface area (Å²) in [6, 6.07) is 1.97. The summed E-state index contributed by atoms with van der Waals surface area (Å²) in [5.74, 6) is -0.108. The van der Waals surface area contributed by atoms with Crippen LogP contribution in [0.25, 0.3) is 0 Å². The zero-order chi connectivity index (χ0) is 36.7. The van der Waals surface area contributed by atoms with E-state index < -0.39 is 36.0 Å². The predicted octanol–water partition coefficient (Wildman–Crippen LogP) is 6.79. The Bertz CT molecular complexity index is 1260. The van der Waals surface area contributed by atoms with Gasteiger partial charge in [-0.15, -0.1) is 0 Å². The highest BCUT2D eigenvalue weighted by molar-refractivity contribution is 8.77. The summed E-state index contributed by atoms with van der Waals surface area (Å²) >= 11 is 0. The van der Waals surface area contributed by atoms with Crippen LogP contribution in [0.2, 0.25) is 0 Å². The second-order valence-corrected chi connectivity index (χ2v) is 15.0. The molecule has 276 valence electrons. The number of hydrogen-bond acceptors (Lipinski definition) is 8. The summed E-state index contributed by atoms with van der Waals surface area (Å²) in [6.07, 6.45) is 35.8. The molecule has 0 aromatic carbocycles. The Morgan fingerprint density at radius 1 is 0.820 bits per heavy atom. The predicted molar refractivity (Wildman–Crippen MR) is 211 cm³/mol. The molecule has 1 aromatic heterocycles. The smallest absolute Gasteiger partial charge is 0.253 e. The molecule has 1 rings (SSSR count). The van der Waals surface area contributed by atoms with E-state index >= 15 is 0 Å². The Morgan fingerprint density at radius 2 is 1.38 bits per heavy atom. The van der Waals surface area contributed by atoms with Crippen molar-refractivity contribution < 1.29 is 24.6 Å². The quantitative estimate of drug-likeness (QED) is 0.0379. The second kappa shape index (κ2) is 29.4. The maximum absolute atomic E-state index is 12.9. The SMILES string of the molecule is CC/C=C\C/C=C\C/C=C\C/C=C\C/C=C\C/C=C\CCC(=O)NCCSSC(C)(C)C(CC(=O)NC(CO)CO)NC(=O)c1cccnc1. The average Bonchev–Trinajstić information content (AvgIpc) is 3.11. The molecule has 0 aliphatic carbocycles. The Morgan fingerprint density at radius 3 is 1.90 bits per heavy atom. The number of aliphatic hydroxyl groups excluding tert-OH is 2. The van der Waals surface area contributed by atoms with Gasteiger partial charge in [0.05, 0.1) is 30.9 Å². The minimum absolute atomic E-state index is 0.00464. The van der Waals surface area contributed by atoms with Crippen molar-refractivity contribution in [2.24, 2.45) is 0 Å². The number of amides is 3. The Labute approximate surface area is 307 Å². The van der Waals surface area contributed by atoms with Gasteiger partial charge in [0.1, 0.15) is 0 Å². The summed E-state index contributed by atoms with van der Waals surface area (Å²) in [4.78, 5) is 41.9. The molecule has 1 aromatic rings. The average molecular weight is 727 g/mol. The van der Waals surface area contributed by atoms with Crippen LogP contribution >= 0.6 is 21.6 Å². The van der Waals surface area contributed by atoms with Gasteiger partial charge in [0.15, 0.2) is 0 Å². The molecular formula is C39H58N4O5S2. The molecule has 0 spiro atoms. The third-order valence-electron chi connectivity index (χ3n) is 7.18. The van der Waals surface area contributed by atoms with Gasteiger partial charge in [0.2, 0.25) is 11.8 Å². The Kier molecular flexibility index (Phi) is 26.2. The van der Waals surface area contributed by atoms with Crippen molar-refractivity contribution in [1.82, 2.24) is 20.9 Å². The van der Waals surface area contributed by atoms with Crippen molar-refractivity contribution in [3.05, 3.63) is 103 Å². The molecule has 50 heavy (non-hydrogen) atoms. The van der Waals surface area contributed by atoms with Crippen molar-refractivity contribution in [3.8, 4) is 0 Å². The highest BCUT2D eigenvalue weighted by atomic mass is 33.1. The number of aliphatic hydroxyl groups is 2. The van der Waals surface area contributed by atoms with Crippen LogP contribution in [0.15, 0.2) is 97.4 Å². The standard InChI is InChI=1S/C39H58N4O5S2/c1-4-5-6-7-8-9-10-11-12-13-14-15-16-17-18-19-20-21-22-25-36(46)41-27-28-49-50-39(2,3)35(29-37(47)42-34(31-44)32-45)43-38(48)33-24-23-26-40-30-33/h5-6,8-9,11-12,14-15,17-18,20-21,23-24,26,30,34-35,44-45H,4,7,10,13,16,19,22,25,27-29,31-32H2,1-3H3,(H,41,46)(H,42,47)(H,43,48)/b6-5-,9-8-,12-11-,15-14-,18-17-,21-20-. The number of carbonyl (C=O) groups excluding carboxylic acids is 3. The Hall–Kier alpha value is -3.38. The highest BCUT2D eigenvalue weighted by Crippen LogP contribution is 2.39. The Balaban J connectivity index is 2.31. The number of aromatic nitrogens is 1. The van der Waals surface area contributed by atoms with E-state index in [1.54, 1.807) is 29.1 Å². The van der Waals surface area contributed by atoms with Crippen LogP contribution in [0.3, 0.4) is 0 Å². The first-order valence-electron chi connectivity index (χ1n) is 17.4. The maximum atomic E-state index is 12.9. The number of rotatable bonds is 27. The largest absolute Gasteiger partial charge is 0.394 e. The zero-order valence-electron chi connectivity index (χ0n) is 30.0. The molecule has 11 heteroatoms. The number of carbonyl (C=O) groups is 3. The van der Waals surface area contributed by atoms with Crippen LogP contribution in [0.1, 0.15) is 88.9 Å². The van der Waals surface area contributed by atoms with Crippen molar-refractivity contribution in [1.29, 1.82) is 0 Å². The molecule has 1 heterocycles. The van der Waals surface area contributed by atoms with Crippen LogP contribution in [-0.2, 0) is 9.59 Å². The third kappa shape index (κ3) is 23.1. The first kappa shape index (κ1) is 44.6. The summed E-state index contributed by atoms with van der Waals surface area (Å²) in [7, 11) is 3.07. The monoisotopic (exact) mass is 726 g/mol. The van der Waals surface area contributed by atoms with Gasteiger partial charge in [0.25, 0.3) is 5.91 Å². The fourth-order valence-corrected chi connectivity index (χ4v) is 6.85. The zero-order valence-corrected chi connectivity index (χ0v) is 31.6. The van der Waals surface area contributed by atoms with Crippen LogP contribution in [0.5, 0.6) is 0 Å². The minimum atomic E-state index is -0.773. The van der Waals surface area contributed by atoms with Crippen LogP contribution < -0.4 is 16.0 Å². The fourth-order valence-electron chi connectivity index (χ4n) is 4.26. The van der Waals surface area contributed by atoms with E-state index in [0.29, 0.717) is 30.7 Å². The van der Waals surface area contributed by atoms with Crippen molar-refractivity contribution in [3.63, 3.8) is 0 Å². The van der Waals surface area contributed by atoms with Gasteiger partial charge in [-0.1, -0.05) is 101 Å². The van der Waals surface area contributed by atoms with E-state index in [1.165, 1.54) is 17.0 Å². The second-order valence-electron chi connectivity index (χ2n) is 11.9. The van der Waals surface area contributed by atoms with E-state index in [0.717, 1.165) is 38.5 Å². The molecule has 0 aliphatic rings. The first-order chi connectivity index (χ1) is 24.2. The molecule has 9 nitrogen and oxygen atoms in total. The van der Waals surface area contributed by atoms with E-state index in [2.05, 4.69) is 94.7 Å². The van der Waals surface area contributed by atoms with Gasteiger partial charge >= 0.3 is 0 Å². The normalized spacial score (nSPS) is 13.2. The topological polar surface area (TPSA) is 141 Å². The molecule has 1 atom stereocenters. The van der Waals surface area contributed by atoms with Crippen LogP contribution in [-0.4, -0.2) is 75.3 Å². The number of allylic oxidation sites excluding steroid dienone is 12. The van der Waals surface area contributed by atoms with Gasteiger partial charge < -0.3 is 26.2 Å². The van der Waals surface area contributed by atoms with Crippen molar-refractivity contribution >= 4 is 39.3 Å². The molecule has 0 aliphatic heterocycles. The molecule has 0 bridgehead atoms. The number of hydrogen-bond donors (Lipinski definition) is 5. The lowest BCUT2D eigenvalue weighted by Crippen LogP contribution is -2.51. The summed E-state index contributed by atoms with van der Waals surface area (Å²) in [5.41, 5.74) is 0.377. The molecule has 0 saturated heterocycles. The first-order valence-corrected chi connectivity index (χ1v) is 19.7. The molecule has 3 amide bonds. The minimum Gasteiger partial charge on any atom is -0.394 e. The van der Waals surface area contributed by atoms with E-state index in [4.69, 9.17) is 0 Å². The van der Waals surface area contributed by atoms with Crippen molar-refractivity contribution in [2.45, 2.75) is 95.4 Å². The lowest BCUT2D eigenvalue weighted by atomic mass is 9.98. The number of nitrogens with zero attached hydrogens (tertiary/aromatic N) is 1. The van der Waals surface area contributed by atoms with Crippen LogP contribution in [0.4, 0.5) is 0 Å². The summed E-state index contributed by atoms with van der Waals surface area (Å²) in [5, 5.41) is 27.2. The molecule has 5 N–H and O–H groups in total. The van der Waals surface area contributed by atoms with E-state index in [9.17, 15) is 24.6 Å². The van der Waals surface area contributed by atoms with Gasteiger partial charge in [-0.2, -0.15) is 0 Å². The number of pyridine rings is 1. The summed E-state index contributed by atoms with van der Waals surface area (Å²) in [6.45, 7) is 5.73. The lowest BCUT2D eigenvalue weighted by Gasteiger charge is -2.34. The third-order valence-corrected chi connectivity index (χ3v) is 10.5. The van der Waals surface area contributed by atoms with E-state index in [1.807, 2.05) is 19.9 Å². The van der Waals surface area contributed by atoms with Gasteiger partial charge in [0, 0.05) is 42.3 Å². The number of nitrogens with one attached hydrogen (secondary N) is 3. The molecular weight excluding hydrogens is 669 g/mol. The highest BCUT2D eigenvalue weighted by Gasteiger charge is 2.34. The van der Waals surface area contributed by atoms with Gasteiger partial charge in [-0.05, 0) is 70.9 Å². The lowest BCUT2D eigenvalue weighted by molar-refractivity contribution is -0.123. The molecule has 0 fully saturated rings. The van der Waals surface area contributed by atoms with E-state index in [-0.39, 0.29) is 18.2 Å².